The molecule has 0 spiro atoms. The highest BCUT2D eigenvalue weighted by atomic mass is 32.1. The van der Waals surface area contributed by atoms with Gasteiger partial charge in [-0.1, -0.05) is 0 Å². The Balaban J connectivity index is 2.22. The summed E-state index contributed by atoms with van der Waals surface area (Å²) in [5.41, 5.74) is 0.994. The molecule has 1 aromatic heterocycles. The molecule has 0 saturated heterocycles. The number of hydrogen-bond donors (Lipinski definition) is 2. The first-order chi connectivity index (χ1) is 7.99. The number of thiazole rings is 1. The lowest BCUT2D eigenvalue weighted by atomic mass is 10.2. The highest BCUT2D eigenvalue weighted by Gasteiger charge is 2.13. The first kappa shape index (κ1) is 13.6. The molecule has 5 nitrogen and oxygen atoms in total. The summed E-state index contributed by atoms with van der Waals surface area (Å²) >= 11 is 1.58. The Morgan fingerprint density at radius 1 is 1.59 bits per heavy atom. The number of carbonyl (C=O) groups is 2. The Labute approximate surface area is 104 Å². The van der Waals surface area contributed by atoms with E-state index >= 15 is 0 Å². The van der Waals surface area contributed by atoms with Gasteiger partial charge >= 0.3 is 5.97 Å². The summed E-state index contributed by atoms with van der Waals surface area (Å²) in [7, 11) is 0. The van der Waals surface area contributed by atoms with Crippen molar-refractivity contribution in [2.75, 3.05) is 0 Å². The van der Waals surface area contributed by atoms with Crippen LogP contribution < -0.4 is 5.32 Å². The van der Waals surface area contributed by atoms with Gasteiger partial charge in [-0.2, -0.15) is 0 Å². The second-order valence-corrected chi connectivity index (χ2v) is 4.81. The van der Waals surface area contributed by atoms with Gasteiger partial charge in [0.1, 0.15) is 6.04 Å². The third-order valence-corrected chi connectivity index (χ3v) is 3.24. The normalized spacial score (nSPS) is 12.1. The molecule has 0 saturated carbocycles. The molecule has 0 aliphatic carbocycles. The molecule has 94 valence electrons. The van der Waals surface area contributed by atoms with E-state index in [4.69, 9.17) is 5.11 Å². The van der Waals surface area contributed by atoms with E-state index in [2.05, 4.69) is 10.3 Å². The second-order valence-electron chi connectivity index (χ2n) is 3.86. The summed E-state index contributed by atoms with van der Waals surface area (Å²) in [5, 5.41) is 14.0. The summed E-state index contributed by atoms with van der Waals surface area (Å²) in [5.74, 6) is -1.25. The molecule has 0 aliphatic heterocycles. The first-order valence-corrected chi connectivity index (χ1v) is 6.30. The Bertz CT molecular complexity index is 403. The van der Waals surface area contributed by atoms with E-state index in [1.807, 2.05) is 12.3 Å². The topological polar surface area (TPSA) is 79.3 Å². The van der Waals surface area contributed by atoms with Crippen molar-refractivity contribution in [1.29, 1.82) is 0 Å². The van der Waals surface area contributed by atoms with E-state index in [0.717, 1.165) is 17.1 Å². The number of aliphatic carboxylic acids is 1. The molecule has 1 rings (SSSR count). The summed E-state index contributed by atoms with van der Waals surface area (Å²) in [6.07, 6.45) is 1.77. The Hall–Kier alpha value is -1.43. The molecule has 2 N–H and O–H groups in total. The van der Waals surface area contributed by atoms with Crippen molar-refractivity contribution < 1.29 is 14.7 Å². The van der Waals surface area contributed by atoms with Gasteiger partial charge in [0.15, 0.2) is 0 Å². The molecule has 1 atom stereocenters. The number of aromatic nitrogens is 1. The molecule has 1 aromatic rings. The number of carboxylic acid groups (broad SMARTS) is 1. The van der Waals surface area contributed by atoms with E-state index in [0.29, 0.717) is 12.8 Å². The Kier molecular flexibility index (Phi) is 5.09. The SMILES string of the molecule is Cc1csc(CCCC(=O)N[C@@H](C)C(=O)O)n1. The lowest BCUT2D eigenvalue weighted by molar-refractivity contribution is -0.141. The van der Waals surface area contributed by atoms with Crippen LogP contribution in [0.1, 0.15) is 30.5 Å². The van der Waals surface area contributed by atoms with Crippen LogP contribution in [0.15, 0.2) is 5.38 Å². The fourth-order valence-electron chi connectivity index (χ4n) is 1.29. The van der Waals surface area contributed by atoms with Gasteiger partial charge < -0.3 is 10.4 Å². The van der Waals surface area contributed by atoms with Crippen LogP contribution in [0.25, 0.3) is 0 Å². The predicted octanol–water partition coefficient (Wildman–Crippen LogP) is 1.36. The molecule has 1 heterocycles. The van der Waals surface area contributed by atoms with Crippen molar-refractivity contribution in [2.45, 2.75) is 39.2 Å². The van der Waals surface area contributed by atoms with Crippen molar-refractivity contribution >= 4 is 23.2 Å². The number of carbonyl (C=O) groups excluding carboxylic acids is 1. The standard InChI is InChI=1S/C11H16N2O3S/c1-7-6-17-10(12-7)5-3-4-9(14)13-8(2)11(15)16/h6,8H,3-5H2,1-2H3,(H,13,14)(H,15,16)/t8-/m0/s1. The summed E-state index contributed by atoms with van der Waals surface area (Å²) in [6.45, 7) is 3.38. The van der Waals surface area contributed by atoms with E-state index < -0.39 is 12.0 Å². The molecule has 1 amide bonds. The minimum Gasteiger partial charge on any atom is -0.480 e. The van der Waals surface area contributed by atoms with Crippen molar-refractivity contribution in [3.63, 3.8) is 0 Å². The Morgan fingerprint density at radius 3 is 2.82 bits per heavy atom. The number of hydrogen-bond acceptors (Lipinski definition) is 4. The van der Waals surface area contributed by atoms with Crippen molar-refractivity contribution in [3.8, 4) is 0 Å². The molecule has 0 fully saturated rings. The molecule has 6 heteroatoms. The van der Waals surface area contributed by atoms with Gasteiger partial charge in [0.2, 0.25) is 5.91 Å². The predicted molar refractivity (Wildman–Crippen MR) is 65.0 cm³/mol. The van der Waals surface area contributed by atoms with Crippen LogP contribution in [0, 0.1) is 6.92 Å². The molecule has 0 radical (unpaired) electrons. The lowest BCUT2D eigenvalue weighted by Crippen LogP contribution is -2.38. The number of nitrogens with one attached hydrogen (secondary N) is 1. The number of aryl methyl sites for hydroxylation is 2. The molecule has 0 aromatic carbocycles. The van der Waals surface area contributed by atoms with Gasteiger partial charge in [-0.25, -0.2) is 4.98 Å². The summed E-state index contributed by atoms with van der Waals surface area (Å²) in [4.78, 5) is 26.2. The van der Waals surface area contributed by atoms with Crippen LogP contribution in [-0.2, 0) is 16.0 Å². The van der Waals surface area contributed by atoms with Crippen molar-refractivity contribution in [3.05, 3.63) is 16.1 Å². The molecular formula is C11H16N2O3S. The minimum atomic E-state index is -1.02. The first-order valence-electron chi connectivity index (χ1n) is 5.42. The highest BCUT2D eigenvalue weighted by Crippen LogP contribution is 2.11. The maximum absolute atomic E-state index is 11.4. The molecule has 17 heavy (non-hydrogen) atoms. The largest absolute Gasteiger partial charge is 0.480 e. The fraction of sp³-hybridized carbons (Fsp3) is 0.545. The molecular weight excluding hydrogens is 240 g/mol. The average Bonchev–Trinajstić information content (AvgIpc) is 2.64. The van der Waals surface area contributed by atoms with Crippen LogP contribution in [0.5, 0.6) is 0 Å². The summed E-state index contributed by atoms with van der Waals surface area (Å²) in [6, 6.07) is -0.829. The molecule has 0 bridgehead atoms. The zero-order valence-electron chi connectivity index (χ0n) is 9.90. The van der Waals surface area contributed by atoms with Crippen molar-refractivity contribution in [1.82, 2.24) is 10.3 Å². The van der Waals surface area contributed by atoms with Gasteiger partial charge in [-0.3, -0.25) is 9.59 Å². The number of nitrogens with zero attached hydrogens (tertiary/aromatic N) is 1. The van der Waals surface area contributed by atoms with Crippen LogP contribution >= 0.6 is 11.3 Å². The monoisotopic (exact) mass is 256 g/mol. The third-order valence-electron chi connectivity index (χ3n) is 2.21. The van der Waals surface area contributed by atoms with E-state index in [1.165, 1.54) is 6.92 Å². The Morgan fingerprint density at radius 2 is 2.29 bits per heavy atom. The fourth-order valence-corrected chi connectivity index (χ4v) is 2.11. The summed E-state index contributed by atoms with van der Waals surface area (Å²) < 4.78 is 0. The van der Waals surface area contributed by atoms with Crippen LogP contribution in [0.2, 0.25) is 0 Å². The van der Waals surface area contributed by atoms with E-state index in [1.54, 1.807) is 11.3 Å². The maximum atomic E-state index is 11.4. The number of carboxylic acids is 1. The van der Waals surface area contributed by atoms with Gasteiger partial charge in [0.05, 0.1) is 5.01 Å². The van der Waals surface area contributed by atoms with E-state index in [-0.39, 0.29) is 5.91 Å². The van der Waals surface area contributed by atoms with Gasteiger partial charge in [-0.15, -0.1) is 11.3 Å². The zero-order valence-corrected chi connectivity index (χ0v) is 10.7. The van der Waals surface area contributed by atoms with Crippen LogP contribution in [0.3, 0.4) is 0 Å². The quantitative estimate of drug-likeness (QED) is 0.805. The zero-order chi connectivity index (χ0) is 12.8. The smallest absolute Gasteiger partial charge is 0.325 e. The third kappa shape index (κ3) is 4.95. The minimum absolute atomic E-state index is 0.229. The van der Waals surface area contributed by atoms with Crippen LogP contribution in [0.4, 0.5) is 0 Å². The number of amides is 1. The van der Waals surface area contributed by atoms with E-state index in [9.17, 15) is 9.59 Å². The molecule has 0 aliphatic rings. The van der Waals surface area contributed by atoms with Crippen LogP contribution in [-0.4, -0.2) is 28.0 Å². The molecule has 0 unspecified atom stereocenters. The second kappa shape index (κ2) is 6.34. The van der Waals surface area contributed by atoms with Gasteiger partial charge in [0.25, 0.3) is 0 Å². The van der Waals surface area contributed by atoms with Gasteiger partial charge in [-0.05, 0) is 26.7 Å². The lowest BCUT2D eigenvalue weighted by Gasteiger charge is -2.08. The highest BCUT2D eigenvalue weighted by molar-refractivity contribution is 7.09. The van der Waals surface area contributed by atoms with Gasteiger partial charge in [0, 0.05) is 17.5 Å². The van der Waals surface area contributed by atoms with Crippen molar-refractivity contribution in [2.24, 2.45) is 0 Å². The maximum Gasteiger partial charge on any atom is 0.325 e. The average molecular weight is 256 g/mol. The number of rotatable bonds is 6.